The van der Waals surface area contributed by atoms with E-state index in [2.05, 4.69) is 106 Å². The minimum absolute atomic E-state index is 0.106. The number of esters is 3. The second-order valence-corrected chi connectivity index (χ2v) is 20.0. The topological polar surface area (TPSA) is 78.9 Å². The molecule has 6 heteroatoms. The van der Waals surface area contributed by atoms with E-state index < -0.39 is 6.10 Å². The highest BCUT2D eigenvalue weighted by molar-refractivity contribution is 5.71. The second-order valence-electron chi connectivity index (χ2n) is 20.0. The average Bonchev–Trinajstić information content (AvgIpc) is 3.37. The monoisotopic (exact) mass is 989 g/mol. The van der Waals surface area contributed by atoms with E-state index in [-0.39, 0.29) is 37.5 Å². The van der Waals surface area contributed by atoms with Crippen molar-refractivity contribution in [2.75, 3.05) is 13.2 Å². The molecule has 0 radical (unpaired) electrons. The third kappa shape index (κ3) is 57.4. The van der Waals surface area contributed by atoms with Gasteiger partial charge in [-0.3, -0.25) is 14.4 Å². The molecule has 0 saturated heterocycles. The first kappa shape index (κ1) is 67.6. The van der Waals surface area contributed by atoms with Crippen LogP contribution < -0.4 is 0 Å². The number of carbonyl (C=O) groups excluding carboxylic acids is 3. The number of allylic oxidation sites excluding steroid dienone is 14. The second kappa shape index (κ2) is 59.2. The molecule has 0 bridgehead atoms. The molecule has 0 aliphatic heterocycles. The molecular formula is C65H112O6. The van der Waals surface area contributed by atoms with Crippen LogP contribution in [0.2, 0.25) is 0 Å². The third-order valence-corrected chi connectivity index (χ3v) is 12.9. The Balaban J connectivity index is 4.51. The molecule has 0 aliphatic carbocycles. The van der Waals surface area contributed by atoms with Crippen molar-refractivity contribution < 1.29 is 28.6 Å². The highest BCUT2D eigenvalue weighted by atomic mass is 16.6. The maximum absolute atomic E-state index is 12.9. The zero-order valence-electron chi connectivity index (χ0n) is 46.7. The van der Waals surface area contributed by atoms with Gasteiger partial charge in [0, 0.05) is 19.3 Å². The lowest BCUT2D eigenvalue weighted by atomic mass is 10.1. The summed E-state index contributed by atoms with van der Waals surface area (Å²) in [5.74, 6) is -0.982. The Morgan fingerprint density at radius 3 is 0.930 bits per heavy atom. The van der Waals surface area contributed by atoms with Crippen molar-refractivity contribution >= 4 is 17.9 Å². The van der Waals surface area contributed by atoms with Gasteiger partial charge in [-0.05, 0) is 103 Å². The molecule has 0 N–H and O–H groups in total. The fourth-order valence-corrected chi connectivity index (χ4v) is 8.32. The summed E-state index contributed by atoms with van der Waals surface area (Å²) >= 11 is 0. The molecule has 408 valence electrons. The van der Waals surface area contributed by atoms with Gasteiger partial charge in [-0.1, -0.05) is 254 Å². The summed E-state index contributed by atoms with van der Waals surface area (Å²) in [5.41, 5.74) is 0. The number of unbranched alkanes of at least 4 members (excludes halogenated alkanes) is 31. The molecule has 0 fully saturated rings. The predicted molar refractivity (Wildman–Crippen MR) is 307 cm³/mol. The van der Waals surface area contributed by atoms with Gasteiger partial charge < -0.3 is 14.2 Å². The Morgan fingerprint density at radius 1 is 0.296 bits per heavy atom. The van der Waals surface area contributed by atoms with Gasteiger partial charge >= 0.3 is 17.9 Å². The molecule has 0 aromatic rings. The first-order chi connectivity index (χ1) is 35.0. The molecular weight excluding hydrogens is 877 g/mol. The summed E-state index contributed by atoms with van der Waals surface area (Å²) < 4.78 is 16.8. The molecule has 0 rings (SSSR count). The summed E-state index contributed by atoms with van der Waals surface area (Å²) in [7, 11) is 0. The first-order valence-electron chi connectivity index (χ1n) is 30.1. The summed E-state index contributed by atoms with van der Waals surface area (Å²) in [6, 6.07) is 0. The van der Waals surface area contributed by atoms with E-state index in [1.165, 1.54) is 148 Å². The van der Waals surface area contributed by atoms with Gasteiger partial charge in [0.25, 0.3) is 0 Å². The van der Waals surface area contributed by atoms with E-state index in [0.29, 0.717) is 19.3 Å². The lowest BCUT2D eigenvalue weighted by molar-refractivity contribution is -0.167. The van der Waals surface area contributed by atoms with Crippen LogP contribution in [0.15, 0.2) is 85.1 Å². The highest BCUT2D eigenvalue weighted by Crippen LogP contribution is 2.14. The van der Waals surface area contributed by atoms with E-state index in [4.69, 9.17) is 14.2 Å². The van der Waals surface area contributed by atoms with Crippen molar-refractivity contribution in [1.82, 2.24) is 0 Å². The normalized spacial score (nSPS) is 12.7. The van der Waals surface area contributed by atoms with Crippen LogP contribution in [0.4, 0.5) is 0 Å². The average molecular weight is 990 g/mol. The summed E-state index contributed by atoms with van der Waals surface area (Å²) in [5, 5.41) is 0. The molecule has 1 atom stereocenters. The molecule has 1 unspecified atom stereocenters. The van der Waals surface area contributed by atoms with Crippen LogP contribution in [0.1, 0.15) is 290 Å². The van der Waals surface area contributed by atoms with Crippen LogP contribution in [0.3, 0.4) is 0 Å². The third-order valence-electron chi connectivity index (χ3n) is 12.9. The van der Waals surface area contributed by atoms with Gasteiger partial charge in [-0.25, -0.2) is 0 Å². The SMILES string of the molecule is CCCCCCCC/C=C\C/C=C\C/C=C\CCCC(=O)OCC(COC(=O)CCCCCCC/C=C\C=C/CCCCCCCCC)OC(=O)CCCCCCC/C=C\C=C/CCCCCCCCC. The fourth-order valence-electron chi connectivity index (χ4n) is 8.32. The quantitative estimate of drug-likeness (QED) is 0.0199. The maximum atomic E-state index is 12.9. The zero-order chi connectivity index (χ0) is 51.4. The van der Waals surface area contributed by atoms with Gasteiger partial charge in [0.05, 0.1) is 0 Å². The van der Waals surface area contributed by atoms with Gasteiger partial charge in [0.2, 0.25) is 0 Å². The Bertz CT molecular complexity index is 1370. The summed E-state index contributed by atoms with van der Waals surface area (Å²) in [6.07, 6.45) is 77.2. The van der Waals surface area contributed by atoms with Gasteiger partial charge in [-0.15, -0.1) is 0 Å². The van der Waals surface area contributed by atoms with Gasteiger partial charge in [0.1, 0.15) is 13.2 Å². The molecule has 0 amide bonds. The molecule has 0 aromatic heterocycles. The van der Waals surface area contributed by atoms with Crippen LogP contribution >= 0.6 is 0 Å². The number of ether oxygens (including phenoxy) is 3. The molecule has 0 aliphatic rings. The van der Waals surface area contributed by atoms with Crippen LogP contribution in [0, 0.1) is 0 Å². The maximum Gasteiger partial charge on any atom is 0.306 e. The highest BCUT2D eigenvalue weighted by Gasteiger charge is 2.19. The minimum atomic E-state index is -0.813. The number of hydrogen-bond acceptors (Lipinski definition) is 6. The Labute approximate surface area is 439 Å². The van der Waals surface area contributed by atoms with Gasteiger partial charge in [-0.2, -0.15) is 0 Å². The molecule has 6 nitrogen and oxygen atoms in total. The van der Waals surface area contributed by atoms with Crippen LogP contribution in [0.5, 0.6) is 0 Å². The van der Waals surface area contributed by atoms with Crippen LogP contribution in [0.25, 0.3) is 0 Å². The lowest BCUT2D eigenvalue weighted by Gasteiger charge is -2.18. The van der Waals surface area contributed by atoms with Gasteiger partial charge in [0.15, 0.2) is 6.10 Å². The van der Waals surface area contributed by atoms with E-state index >= 15 is 0 Å². The first-order valence-corrected chi connectivity index (χ1v) is 30.1. The van der Waals surface area contributed by atoms with Crippen molar-refractivity contribution in [3.05, 3.63) is 85.1 Å². The molecule has 0 saturated carbocycles. The molecule has 71 heavy (non-hydrogen) atoms. The van der Waals surface area contributed by atoms with Crippen molar-refractivity contribution in [1.29, 1.82) is 0 Å². The van der Waals surface area contributed by atoms with Crippen LogP contribution in [-0.2, 0) is 28.6 Å². The Hall–Kier alpha value is -3.41. The summed E-state index contributed by atoms with van der Waals surface area (Å²) in [4.78, 5) is 38.2. The van der Waals surface area contributed by atoms with E-state index in [0.717, 1.165) is 96.3 Å². The molecule has 0 spiro atoms. The van der Waals surface area contributed by atoms with Crippen LogP contribution in [-0.4, -0.2) is 37.2 Å². The Morgan fingerprint density at radius 2 is 0.563 bits per heavy atom. The smallest absolute Gasteiger partial charge is 0.306 e. The summed E-state index contributed by atoms with van der Waals surface area (Å²) in [6.45, 7) is 6.57. The van der Waals surface area contributed by atoms with Crippen molar-refractivity contribution in [3.8, 4) is 0 Å². The zero-order valence-corrected chi connectivity index (χ0v) is 46.7. The minimum Gasteiger partial charge on any atom is -0.462 e. The number of hydrogen-bond donors (Lipinski definition) is 0. The van der Waals surface area contributed by atoms with E-state index in [1.807, 2.05) is 0 Å². The number of rotatable bonds is 54. The number of carbonyl (C=O) groups is 3. The predicted octanol–water partition coefficient (Wildman–Crippen LogP) is 20.3. The van der Waals surface area contributed by atoms with E-state index in [9.17, 15) is 14.4 Å². The standard InChI is InChI=1S/C65H112O6/c1-4-7-10-13-16-19-22-25-28-31-34-37-40-43-46-49-52-55-58-64(67)70-61-62(60-69-63(66)57-54-51-48-45-42-39-36-33-30-27-24-21-18-15-12-9-6-3)71-65(68)59-56-53-50-47-44-41-38-35-32-29-26-23-20-17-14-11-8-5-2/h27-32,34-39,45,48,62H,4-26,33,40-44,46-47,49-61H2,1-3H3/b30-27-,31-28-,32-29-,37-34-,38-35-,39-36-,48-45-. The lowest BCUT2D eigenvalue weighted by Crippen LogP contribution is -2.30. The van der Waals surface area contributed by atoms with E-state index in [1.54, 1.807) is 0 Å². The Kier molecular flexibility index (Phi) is 56.3. The molecule has 0 aromatic carbocycles. The fraction of sp³-hybridized carbons (Fsp3) is 0.738. The van der Waals surface area contributed by atoms with Crippen molar-refractivity contribution in [3.63, 3.8) is 0 Å². The molecule has 0 heterocycles. The van der Waals surface area contributed by atoms with Crippen molar-refractivity contribution in [2.24, 2.45) is 0 Å². The van der Waals surface area contributed by atoms with Crippen molar-refractivity contribution in [2.45, 2.75) is 297 Å². The largest absolute Gasteiger partial charge is 0.462 e.